The third-order valence-corrected chi connectivity index (χ3v) is 6.43. The van der Waals surface area contributed by atoms with Crippen molar-refractivity contribution in [1.29, 1.82) is 0 Å². The lowest BCUT2D eigenvalue weighted by molar-refractivity contribution is 0.0634. The van der Waals surface area contributed by atoms with E-state index in [4.69, 9.17) is 4.74 Å². The van der Waals surface area contributed by atoms with E-state index in [1.165, 1.54) is 0 Å². The zero-order chi connectivity index (χ0) is 21.8. The average molecular weight is 423 g/mol. The number of ether oxygens (including phenoxy) is 1. The van der Waals surface area contributed by atoms with E-state index >= 15 is 0 Å². The number of para-hydroxylation sites is 1. The number of H-pyrrole nitrogens is 1. The lowest BCUT2D eigenvalue weighted by Gasteiger charge is -2.46. The molecule has 0 fully saturated rings. The second-order valence-corrected chi connectivity index (χ2v) is 8.23. The normalized spacial score (nSPS) is 17.0. The molecule has 2 aliphatic heterocycles. The van der Waals surface area contributed by atoms with Crippen LogP contribution >= 0.6 is 0 Å². The molecule has 6 nitrogen and oxygen atoms in total. The second kappa shape index (κ2) is 6.99. The lowest BCUT2D eigenvalue weighted by Crippen LogP contribution is -2.51. The predicted octanol–water partition coefficient (Wildman–Crippen LogP) is 4.53. The number of aromatic amines is 1. The summed E-state index contributed by atoms with van der Waals surface area (Å²) in [6.45, 7) is 0.635. The van der Waals surface area contributed by atoms with E-state index in [0.717, 1.165) is 39.8 Å². The maximum Gasteiger partial charge on any atom is 0.343 e. The molecule has 0 saturated heterocycles. The molecule has 1 atom stereocenters. The van der Waals surface area contributed by atoms with E-state index < -0.39 is 0 Å². The Morgan fingerprint density at radius 3 is 2.66 bits per heavy atom. The van der Waals surface area contributed by atoms with Crippen molar-refractivity contribution in [3.8, 4) is 5.75 Å². The molecule has 6 rings (SSSR count). The van der Waals surface area contributed by atoms with Crippen LogP contribution in [0.2, 0.25) is 0 Å². The lowest BCUT2D eigenvalue weighted by atomic mass is 9.96. The quantitative estimate of drug-likeness (QED) is 0.380. The summed E-state index contributed by atoms with van der Waals surface area (Å²) in [5.41, 5.74) is 5.33. The largest absolute Gasteiger partial charge is 0.423 e. The summed E-state index contributed by atoms with van der Waals surface area (Å²) in [6, 6.07) is 22.4. The van der Waals surface area contributed by atoms with Crippen molar-refractivity contribution in [2.24, 2.45) is 0 Å². The summed E-state index contributed by atoms with van der Waals surface area (Å²) >= 11 is 0. The standard InChI is InChI=1S/C26H21N3O3/c1-28-22-10-6-5-9-19(22)25(30)29-14-13-18-20-15-17(11-12-21(20)27-23(18)24(28)29)32-26(31)16-7-3-2-4-8-16/h2-12,15,24,27H,13-14H2,1H3. The number of hydrogen-bond donors (Lipinski definition) is 1. The molecular weight excluding hydrogens is 402 g/mol. The van der Waals surface area contributed by atoms with Crippen LogP contribution in [0.15, 0.2) is 72.8 Å². The van der Waals surface area contributed by atoms with E-state index in [1.54, 1.807) is 18.2 Å². The third-order valence-electron chi connectivity index (χ3n) is 6.43. The molecule has 1 unspecified atom stereocenters. The van der Waals surface area contributed by atoms with E-state index in [0.29, 0.717) is 17.9 Å². The number of benzene rings is 3. The van der Waals surface area contributed by atoms with Crippen molar-refractivity contribution in [1.82, 2.24) is 9.88 Å². The maximum atomic E-state index is 13.2. The molecule has 4 aromatic rings. The van der Waals surface area contributed by atoms with Gasteiger partial charge < -0.3 is 19.5 Å². The van der Waals surface area contributed by atoms with Gasteiger partial charge in [-0.25, -0.2) is 4.79 Å². The van der Waals surface area contributed by atoms with E-state index in [-0.39, 0.29) is 18.0 Å². The molecule has 0 spiro atoms. The number of aromatic nitrogens is 1. The van der Waals surface area contributed by atoms with Crippen LogP contribution in [0.25, 0.3) is 10.9 Å². The predicted molar refractivity (Wildman–Crippen MR) is 122 cm³/mol. The molecule has 6 heteroatoms. The molecular formula is C26H21N3O3. The topological polar surface area (TPSA) is 65.6 Å². The minimum atomic E-state index is -0.380. The molecule has 1 amide bonds. The van der Waals surface area contributed by atoms with Crippen LogP contribution in [0.3, 0.4) is 0 Å². The van der Waals surface area contributed by atoms with Crippen LogP contribution in [-0.4, -0.2) is 35.4 Å². The molecule has 32 heavy (non-hydrogen) atoms. The number of nitrogens with one attached hydrogen (secondary N) is 1. The molecule has 2 aliphatic rings. The van der Waals surface area contributed by atoms with Crippen LogP contribution < -0.4 is 9.64 Å². The SMILES string of the molecule is CN1c2ccccc2C(=O)N2CCc3c([nH]c4ccc(OC(=O)c5ccccc5)cc34)C21. The van der Waals surface area contributed by atoms with Gasteiger partial charge in [0.15, 0.2) is 0 Å². The Kier molecular flexibility index (Phi) is 4.08. The molecule has 0 bridgehead atoms. The zero-order valence-electron chi connectivity index (χ0n) is 17.5. The highest BCUT2D eigenvalue weighted by Gasteiger charge is 2.41. The van der Waals surface area contributed by atoms with Crippen molar-refractivity contribution < 1.29 is 14.3 Å². The number of anilines is 1. The molecule has 0 saturated carbocycles. The number of carbonyl (C=O) groups is 2. The Morgan fingerprint density at radius 2 is 1.81 bits per heavy atom. The molecule has 1 N–H and O–H groups in total. The smallest absolute Gasteiger partial charge is 0.343 e. The van der Waals surface area contributed by atoms with Gasteiger partial charge in [-0.3, -0.25) is 4.79 Å². The summed E-state index contributed by atoms with van der Waals surface area (Å²) < 4.78 is 5.63. The molecule has 3 heterocycles. The van der Waals surface area contributed by atoms with Crippen molar-refractivity contribution in [3.63, 3.8) is 0 Å². The highest BCUT2D eigenvalue weighted by molar-refractivity contribution is 6.02. The number of carbonyl (C=O) groups excluding carboxylic acids is 2. The Bertz CT molecular complexity index is 1380. The van der Waals surface area contributed by atoms with Crippen LogP contribution in [0.1, 0.15) is 38.1 Å². The fourth-order valence-electron chi connectivity index (χ4n) is 4.92. The van der Waals surface area contributed by atoms with Crippen LogP contribution in [0.5, 0.6) is 5.75 Å². The summed E-state index contributed by atoms with van der Waals surface area (Å²) in [5.74, 6) is 0.189. The minimum absolute atomic E-state index is 0.0606. The Morgan fingerprint density at radius 1 is 1.03 bits per heavy atom. The zero-order valence-corrected chi connectivity index (χ0v) is 17.5. The first kappa shape index (κ1) is 18.7. The number of esters is 1. The van der Waals surface area contributed by atoms with Crippen molar-refractivity contribution >= 4 is 28.5 Å². The summed E-state index contributed by atoms with van der Waals surface area (Å²) in [4.78, 5) is 33.3. The van der Waals surface area contributed by atoms with Gasteiger partial charge in [-0.15, -0.1) is 0 Å². The number of hydrogen-bond acceptors (Lipinski definition) is 4. The number of amides is 1. The number of fused-ring (bicyclic) bond motifs is 6. The van der Waals surface area contributed by atoms with Crippen molar-refractivity contribution in [3.05, 3.63) is 95.2 Å². The number of nitrogens with zero attached hydrogens (tertiary/aromatic N) is 2. The van der Waals surface area contributed by atoms with E-state index in [2.05, 4.69) is 9.88 Å². The Balaban J connectivity index is 1.39. The second-order valence-electron chi connectivity index (χ2n) is 8.23. The monoisotopic (exact) mass is 423 g/mol. The van der Waals surface area contributed by atoms with Gasteiger partial charge in [0.1, 0.15) is 11.9 Å². The first-order valence-electron chi connectivity index (χ1n) is 10.7. The highest BCUT2D eigenvalue weighted by atomic mass is 16.5. The Hall–Kier alpha value is -4.06. The van der Waals surface area contributed by atoms with Gasteiger partial charge in [0, 0.05) is 24.5 Å². The number of rotatable bonds is 2. The molecule has 1 aromatic heterocycles. The van der Waals surface area contributed by atoms with Gasteiger partial charge in [0.05, 0.1) is 22.5 Å². The summed E-state index contributed by atoms with van der Waals surface area (Å²) in [7, 11) is 2.02. The van der Waals surface area contributed by atoms with Crippen LogP contribution in [0.4, 0.5) is 5.69 Å². The van der Waals surface area contributed by atoms with E-state index in [1.807, 2.05) is 66.5 Å². The van der Waals surface area contributed by atoms with Gasteiger partial charge in [-0.2, -0.15) is 0 Å². The highest BCUT2D eigenvalue weighted by Crippen LogP contribution is 2.43. The molecule has 3 aromatic carbocycles. The van der Waals surface area contributed by atoms with Gasteiger partial charge in [-0.05, 0) is 54.4 Å². The average Bonchev–Trinajstić information content (AvgIpc) is 3.20. The first-order valence-corrected chi connectivity index (χ1v) is 10.7. The molecule has 0 radical (unpaired) electrons. The molecule has 0 aliphatic carbocycles. The van der Waals surface area contributed by atoms with Crippen LogP contribution in [0, 0.1) is 0 Å². The first-order chi connectivity index (χ1) is 15.6. The summed E-state index contributed by atoms with van der Waals surface area (Å²) in [5, 5.41) is 1.03. The van der Waals surface area contributed by atoms with Gasteiger partial charge >= 0.3 is 5.97 Å². The van der Waals surface area contributed by atoms with Gasteiger partial charge in [0.2, 0.25) is 0 Å². The molecule has 158 valence electrons. The Labute approximate surface area is 185 Å². The fraction of sp³-hybridized carbons (Fsp3) is 0.154. The van der Waals surface area contributed by atoms with Crippen molar-refractivity contribution in [2.45, 2.75) is 12.6 Å². The van der Waals surface area contributed by atoms with Crippen molar-refractivity contribution in [2.75, 3.05) is 18.5 Å². The maximum absolute atomic E-state index is 13.2. The van der Waals surface area contributed by atoms with Crippen LogP contribution in [-0.2, 0) is 6.42 Å². The third kappa shape index (κ3) is 2.73. The fourth-order valence-corrected chi connectivity index (χ4v) is 4.92. The van der Waals surface area contributed by atoms with Gasteiger partial charge in [0.25, 0.3) is 5.91 Å². The van der Waals surface area contributed by atoms with Gasteiger partial charge in [-0.1, -0.05) is 30.3 Å². The summed E-state index contributed by atoms with van der Waals surface area (Å²) in [6.07, 6.45) is 0.549. The minimum Gasteiger partial charge on any atom is -0.423 e. The van der Waals surface area contributed by atoms with E-state index in [9.17, 15) is 9.59 Å².